The van der Waals surface area contributed by atoms with Crippen molar-refractivity contribution < 1.29 is 27.6 Å². The summed E-state index contributed by atoms with van der Waals surface area (Å²) >= 11 is 0. The Bertz CT molecular complexity index is 1180. The smallest absolute Gasteiger partial charge is 0.364 e. The maximum absolute atomic E-state index is 12.8. The molecule has 190 valence electrons. The molecule has 0 saturated carbocycles. The van der Waals surface area contributed by atoms with Gasteiger partial charge in [0.15, 0.2) is 0 Å². The Kier molecular flexibility index (Phi) is 8.29. The largest absolute Gasteiger partial charge is 0.416 e. The zero-order chi connectivity index (χ0) is 26.3. The van der Waals surface area contributed by atoms with E-state index < -0.39 is 23.6 Å². The van der Waals surface area contributed by atoms with Gasteiger partial charge in [0.05, 0.1) is 18.0 Å². The molecule has 1 aromatic heterocycles. The van der Waals surface area contributed by atoms with Crippen molar-refractivity contribution in [1.29, 1.82) is 0 Å². The zero-order valence-electron chi connectivity index (χ0n) is 20.1. The Morgan fingerprint density at radius 2 is 1.53 bits per heavy atom. The topological polar surface area (TPSA) is 93.2 Å². The number of carbonyl (C=O) groups is 2. The van der Waals surface area contributed by atoms with Crippen molar-refractivity contribution in [2.75, 3.05) is 5.32 Å². The van der Waals surface area contributed by atoms with Crippen LogP contribution in [0.2, 0.25) is 0 Å². The third-order valence-corrected chi connectivity index (χ3v) is 5.44. The molecule has 0 bridgehead atoms. The highest BCUT2D eigenvalue weighted by Crippen LogP contribution is 2.31. The first-order valence-corrected chi connectivity index (χ1v) is 11.3. The van der Waals surface area contributed by atoms with Gasteiger partial charge in [-0.05, 0) is 55.5 Å². The minimum absolute atomic E-state index is 0.00963. The SMILES string of the molecule is CCC(=O)ONC(=O)c1cnc(NC(C)(C)CCc2ccc(-c3ccc(C(F)(F)F)cc3)cc2)cn1. The van der Waals surface area contributed by atoms with Crippen LogP contribution in [0.15, 0.2) is 60.9 Å². The normalized spacial score (nSPS) is 11.6. The number of rotatable bonds is 8. The van der Waals surface area contributed by atoms with Gasteiger partial charge < -0.3 is 10.2 Å². The zero-order valence-corrected chi connectivity index (χ0v) is 20.1. The van der Waals surface area contributed by atoms with Crippen molar-refractivity contribution in [2.45, 2.75) is 51.7 Å². The van der Waals surface area contributed by atoms with E-state index in [0.717, 1.165) is 41.7 Å². The molecule has 0 aliphatic rings. The Labute approximate surface area is 207 Å². The van der Waals surface area contributed by atoms with Gasteiger partial charge in [-0.1, -0.05) is 43.3 Å². The Hall–Kier alpha value is -3.95. The fourth-order valence-corrected chi connectivity index (χ4v) is 3.32. The fraction of sp³-hybridized carbons (Fsp3) is 0.308. The van der Waals surface area contributed by atoms with Crippen LogP contribution in [-0.2, 0) is 22.2 Å². The molecule has 7 nitrogen and oxygen atoms in total. The number of hydrogen-bond acceptors (Lipinski definition) is 6. The van der Waals surface area contributed by atoms with Crippen LogP contribution in [0.25, 0.3) is 11.1 Å². The molecule has 0 spiro atoms. The van der Waals surface area contributed by atoms with Crippen molar-refractivity contribution in [2.24, 2.45) is 0 Å². The lowest BCUT2D eigenvalue weighted by atomic mass is 9.94. The molecule has 3 rings (SSSR count). The summed E-state index contributed by atoms with van der Waals surface area (Å²) in [5.41, 5.74) is 3.66. The summed E-state index contributed by atoms with van der Waals surface area (Å²) in [6, 6.07) is 12.8. The van der Waals surface area contributed by atoms with E-state index in [4.69, 9.17) is 0 Å². The molecule has 1 heterocycles. The van der Waals surface area contributed by atoms with E-state index in [-0.39, 0.29) is 17.7 Å². The lowest BCUT2D eigenvalue weighted by molar-refractivity contribution is -0.148. The number of hydroxylamine groups is 1. The monoisotopic (exact) mass is 500 g/mol. The van der Waals surface area contributed by atoms with Gasteiger partial charge in [0.2, 0.25) is 0 Å². The van der Waals surface area contributed by atoms with E-state index in [0.29, 0.717) is 5.82 Å². The number of hydrogen-bond donors (Lipinski definition) is 2. The Balaban J connectivity index is 1.53. The summed E-state index contributed by atoms with van der Waals surface area (Å²) < 4.78 is 38.3. The van der Waals surface area contributed by atoms with E-state index in [1.165, 1.54) is 24.5 Å². The molecular weight excluding hydrogens is 473 g/mol. The number of aromatic nitrogens is 2. The van der Waals surface area contributed by atoms with Crippen LogP contribution in [0.3, 0.4) is 0 Å². The number of nitrogens with one attached hydrogen (secondary N) is 2. The first kappa shape index (κ1) is 26.7. The molecule has 1 amide bonds. The lowest BCUT2D eigenvalue weighted by Gasteiger charge is -2.27. The number of amides is 1. The van der Waals surface area contributed by atoms with E-state index in [1.54, 1.807) is 6.92 Å². The standard InChI is InChI=1S/C26H27F3N4O3/c1-4-23(34)36-33-24(35)21-15-31-22(16-30-21)32-25(2,3)14-13-17-5-7-18(8-6-17)19-9-11-20(12-10-19)26(27,28)29/h5-12,15-16H,4,13-14H2,1-3H3,(H,31,32)(H,33,35). The van der Waals surface area contributed by atoms with Gasteiger partial charge in [0.25, 0.3) is 0 Å². The summed E-state index contributed by atoms with van der Waals surface area (Å²) in [6.07, 6.45) is 0.00169. The number of aryl methyl sites for hydroxylation is 1. The highest BCUT2D eigenvalue weighted by atomic mass is 19.4. The second-order valence-corrected chi connectivity index (χ2v) is 8.83. The lowest BCUT2D eigenvalue weighted by Crippen LogP contribution is -2.32. The highest BCUT2D eigenvalue weighted by Gasteiger charge is 2.30. The summed E-state index contributed by atoms with van der Waals surface area (Å²) in [7, 11) is 0. The maximum atomic E-state index is 12.8. The van der Waals surface area contributed by atoms with Crippen molar-refractivity contribution >= 4 is 17.7 Å². The number of carbonyl (C=O) groups excluding carboxylic acids is 2. The van der Waals surface area contributed by atoms with Crippen LogP contribution in [0.1, 0.15) is 55.2 Å². The van der Waals surface area contributed by atoms with Crippen LogP contribution in [0, 0.1) is 0 Å². The van der Waals surface area contributed by atoms with Crippen LogP contribution < -0.4 is 10.8 Å². The number of benzene rings is 2. The molecule has 0 aliphatic heterocycles. The molecule has 0 saturated heterocycles. The predicted octanol–water partition coefficient (Wildman–Crippen LogP) is 5.58. The van der Waals surface area contributed by atoms with Crippen molar-refractivity contribution in [3.63, 3.8) is 0 Å². The maximum Gasteiger partial charge on any atom is 0.416 e. The predicted molar refractivity (Wildman–Crippen MR) is 129 cm³/mol. The number of alkyl halides is 3. The molecule has 10 heteroatoms. The quantitative estimate of drug-likeness (QED) is 0.392. The summed E-state index contributed by atoms with van der Waals surface area (Å²) in [5, 5.41) is 3.29. The molecule has 0 radical (unpaired) electrons. The van der Waals surface area contributed by atoms with Gasteiger partial charge in [-0.15, -0.1) is 0 Å². The average Bonchev–Trinajstić information content (AvgIpc) is 2.86. The van der Waals surface area contributed by atoms with Crippen LogP contribution >= 0.6 is 0 Å². The van der Waals surface area contributed by atoms with Crippen molar-refractivity contribution in [1.82, 2.24) is 15.4 Å². The van der Waals surface area contributed by atoms with Crippen molar-refractivity contribution in [3.05, 3.63) is 77.7 Å². The number of anilines is 1. The summed E-state index contributed by atoms with van der Waals surface area (Å²) in [6.45, 7) is 5.63. The van der Waals surface area contributed by atoms with E-state index in [9.17, 15) is 22.8 Å². The minimum Gasteiger partial charge on any atom is -0.364 e. The van der Waals surface area contributed by atoms with Crippen LogP contribution in [0.4, 0.5) is 19.0 Å². The number of nitrogens with zero attached hydrogens (tertiary/aromatic N) is 2. The van der Waals surface area contributed by atoms with Gasteiger partial charge in [0.1, 0.15) is 11.5 Å². The van der Waals surface area contributed by atoms with Crippen LogP contribution in [-0.4, -0.2) is 27.4 Å². The second kappa shape index (κ2) is 11.2. The first-order chi connectivity index (χ1) is 17.0. The molecule has 0 fully saturated rings. The van der Waals surface area contributed by atoms with E-state index in [1.807, 2.05) is 43.6 Å². The minimum atomic E-state index is -4.35. The second-order valence-electron chi connectivity index (χ2n) is 8.83. The molecule has 0 aliphatic carbocycles. The summed E-state index contributed by atoms with van der Waals surface area (Å²) in [4.78, 5) is 35.9. The van der Waals surface area contributed by atoms with Gasteiger partial charge >= 0.3 is 18.1 Å². The molecule has 3 aromatic rings. The Morgan fingerprint density at radius 3 is 2.06 bits per heavy atom. The first-order valence-electron chi connectivity index (χ1n) is 11.3. The molecule has 36 heavy (non-hydrogen) atoms. The van der Waals surface area contributed by atoms with Gasteiger partial charge in [-0.25, -0.2) is 14.8 Å². The third-order valence-electron chi connectivity index (χ3n) is 5.44. The van der Waals surface area contributed by atoms with E-state index in [2.05, 4.69) is 20.1 Å². The fourth-order valence-electron chi connectivity index (χ4n) is 3.32. The number of halogens is 3. The molecule has 2 aromatic carbocycles. The average molecular weight is 501 g/mol. The Morgan fingerprint density at radius 1 is 0.917 bits per heavy atom. The molecule has 2 N–H and O–H groups in total. The van der Waals surface area contributed by atoms with Gasteiger partial charge in [0, 0.05) is 12.0 Å². The van der Waals surface area contributed by atoms with Crippen LogP contribution in [0.5, 0.6) is 0 Å². The highest BCUT2D eigenvalue weighted by molar-refractivity contribution is 5.92. The third kappa shape index (κ3) is 7.53. The van der Waals surface area contributed by atoms with Crippen molar-refractivity contribution in [3.8, 4) is 11.1 Å². The molecule has 0 atom stereocenters. The summed E-state index contributed by atoms with van der Waals surface area (Å²) in [5.74, 6) is -0.750. The van der Waals surface area contributed by atoms with Gasteiger partial charge in [-0.2, -0.15) is 18.7 Å². The van der Waals surface area contributed by atoms with Gasteiger partial charge in [-0.3, -0.25) is 4.79 Å². The molecular formula is C26H27F3N4O3. The molecule has 0 unspecified atom stereocenters. The van der Waals surface area contributed by atoms with E-state index >= 15 is 0 Å².